The molecule has 0 radical (unpaired) electrons. The Labute approximate surface area is 109 Å². The lowest BCUT2D eigenvalue weighted by Crippen LogP contribution is -2.57. The van der Waals surface area contributed by atoms with Gasteiger partial charge in [0.15, 0.2) is 6.10 Å². The van der Waals surface area contributed by atoms with E-state index in [1.165, 1.54) is 19.4 Å². The average molecular weight is 256 g/mol. The predicted molar refractivity (Wildman–Crippen MR) is 68.7 cm³/mol. The number of hydrogen-bond acceptors (Lipinski definition) is 4. The van der Waals surface area contributed by atoms with E-state index in [9.17, 15) is 4.79 Å². The van der Waals surface area contributed by atoms with Crippen LogP contribution in [0.15, 0.2) is 0 Å². The smallest absolute Gasteiger partial charge is 0.334 e. The standard InChI is InChI=1S/C13H24N2O3/c1-3-18-12(13(16)17)9-15-8-11-5-4-6-14(11)7-10(15)2/h10-12H,3-9H2,1-2H3,(H,16,17). The highest BCUT2D eigenvalue weighted by Gasteiger charge is 2.36. The van der Waals surface area contributed by atoms with E-state index in [0.717, 1.165) is 13.1 Å². The molecular weight excluding hydrogens is 232 g/mol. The lowest BCUT2D eigenvalue weighted by atomic mass is 10.1. The fourth-order valence-electron chi connectivity index (χ4n) is 3.12. The molecule has 2 aliphatic rings. The number of carboxylic acid groups (broad SMARTS) is 1. The quantitative estimate of drug-likeness (QED) is 0.782. The van der Waals surface area contributed by atoms with Crippen LogP contribution >= 0.6 is 0 Å². The van der Waals surface area contributed by atoms with Crippen molar-refractivity contribution < 1.29 is 14.6 Å². The highest BCUT2D eigenvalue weighted by molar-refractivity contribution is 5.72. The topological polar surface area (TPSA) is 53.0 Å². The van der Waals surface area contributed by atoms with Gasteiger partial charge < -0.3 is 9.84 Å². The summed E-state index contributed by atoms with van der Waals surface area (Å²) in [5, 5.41) is 9.15. The first-order chi connectivity index (χ1) is 8.61. The molecule has 0 bridgehead atoms. The normalized spacial score (nSPS) is 31.2. The average Bonchev–Trinajstić information content (AvgIpc) is 2.75. The number of hydrogen-bond donors (Lipinski definition) is 1. The van der Waals surface area contributed by atoms with E-state index in [2.05, 4.69) is 16.7 Å². The molecule has 1 N–H and O–H groups in total. The first-order valence-electron chi connectivity index (χ1n) is 6.94. The van der Waals surface area contributed by atoms with Gasteiger partial charge in [-0.3, -0.25) is 9.80 Å². The Hall–Kier alpha value is -0.650. The predicted octanol–water partition coefficient (Wildman–Crippen LogP) is 0.645. The molecule has 0 aromatic rings. The van der Waals surface area contributed by atoms with E-state index in [1.54, 1.807) is 0 Å². The second-order valence-electron chi connectivity index (χ2n) is 5.38. The number of carbonyl (C=O) groups is 1. The second-order valence-corrected chi connectivity index (χ2v) is 5.38. The van der Waals surface area contributed by atoms with Gasteiger partial charge in [0.1, 0.15) is 0 Å². The van der Waals surface area contributed by atoms with Gasteiger partial charge in [0, 0.05) is 38.3 Å². The van der Waals surface area contributed by atoms with Crippen LogP contribution < -0.4 is 0 Å². The molecule has 5 heteroatoms. The SMILES string of the molecule is CCOC(CN1CC2CCCN2CC1C)C(=O)O. The zero-order valence-corrected chi connectivity index (χ0v) is 11.3. The largest absolute Gasteiger partial charge is 0.479 e. The molecular formula is C13H24N2O3. The van der Waals surface area contributed by atoms with Gasteiger partial charge in [-0.2, -0.15) is 0 Å². The summed E-state index contributed by atoms with van der Waals surface area (Å²) >= 11 is 0. The highest BCUT2D eigenvalue weighted by atomic mass is 16.5. The summed E-state index contributed by atoms with van der Waals surface area (Å²) in [5.74, 6) is -0.849. The maximum atomic E-state index is 11.1. The van der Waals surface area contributed by atoms with E-state index in [1.807, 2.05) is 6.92 Å². The first kappa shape index (κ1) is 13.8. The summed E-state index contributed by atoms with van der Waals surface area (Å²) < 4.78 is 5.31. The first-order valence-corrected chi connectivity index (χ1v) is 6.94. The summed E-state index contributed by atoms with van der Waals surface area (Å²) in [6, 6.07) is 1.04. The summed E-state index contributed by atoms with van der Waals surface area (Å²) in [6.45, 7) is 8.23. The molecule has 0 spiro atoms. The molecule has 2 heterocycles. The molecule has 3 unspecified atom stereocenters. The van der Waals surface area contributed by atoms with Crippen molar-refractivity contribution in [2.45, 2.75) is 44.9 Å². The van der Waals surface area contributed by atoms with Crippen LogP contribution in [0.1, 0.15) is 26.7 Å². The van der Waals surface area contributed by atoms with Crippen LogP contribution in [0.3, 0.4) is 0 Å². The maximum Gasteiger partial charge on any atom is 0.334 e. The van der Waals surface area contributed by atoms with Gasteiger partial charge in [0.2, 0.25) is 0 Å². The summed E-state index contributed by atoms with van der Waals surface area (Å²) in [4.78, 5) is 16.0. The van der Waals surface area contributed by atoms with Crippen LogP contribution in [0.4, 0.5) is 0 Å². The molecule has 2 rings (SSSR count). The van der Waals surface area contributed by atoms with Crippen molar-refractivity contribution in [3.8, 4) is 0 Å². The number of piperazine rings is 1. The van der Waals surface area contributed by atoms with Crippen molar-refractivity contribution in [1.82, 2.24) is 9.80 Å². The Balaban J connectivity index is 1.93. The highest BCUT2D eigenvalue weighted by Crippen LogP contribution is 2.24. The summed E-state index contributed by atoms with van der Waals surface area (Å²) in [6.07, 6.45) is 1.83. The molecule has 2 fully saturated rings. The Kier molecular flexibility index (Phi) is 4.59. The third-order valence-corrected chi connectivity index (χ3v) is 4.11. The Morgan fingerprint density at radius 1 is 1.50 bits per heavy atom. The van der Waals surface area contributed by atoms with E-state index in [4.69, 9.17) is 9.84 Å². The van der Waals surface area contributed by atoms with Gasteiger partial charge >= 0.3 is 5.97 Å². The minimum Gasteiger partial charge on any atom is -0.479 e. The monoisotopic (exact) mass is 256 g/mol. The van der Waals surface area contributed by atoms with Crippen molar-refractivity contribution in [3.63, 3.8) is 0 Å². The van der Waals surface area contributed by atoms with Gasteiger partial charge in [0.25, 0.3) is 0 Å². The number of carboxylic acids is 1. The maximum absolute atomic E-state index is 11.1. The number of nitrogens with zero attached hydrogens (tertiary/aromatic N) is 2. The molecule has 18 heavy (non-hydrogen) atoms. The number of fused-ring (bicyclic) bond motifs is 1. The zero-order chi connectivity index (χ0) is 13.1. The number of ether oxygens (including phenoxy) is 1. The Morgan fingerprint density at radius 3 is 2.94 bits per heavy atom. The van der Waals surface area contributed by atoms with E-state index in [0.29, 0.717) is 25.2 Å². The van der Waals surface area contributed by atoms with Crippen LogP contribution in [0.25, 0.3) is 0 Å². The van der Waals surface area contributed by atoms with Crippen LogP contribution in [-0.4, -0.2) is 71.8 Å². The van der Waals surface area contributed by atoms with Gasteiger partial charge in [-0.05, 0) is 33.2 Å². The third-order valence-electron chi connectivity index (χ3n) is 4.11. The molecule has 2 saturated heterocycles. The Morgan fingerprint density at radius 2 is 2.28 bits per heavy atom. The van der Waals surface area contributed by atoms with E-state index in [-0.39, 0.29) is 0 Å². The molecule has 104 valence electrons. The molecule has 0 aromatic heterocycles. The van der Waals surface area contributed by atoms with Crippen molar-refractivity contribution >= 4 is 5.97 Å². The zero-order valence-electron chi connectivity index (χ0n) is 11.3. The minimum absolute atomic E-state index is 0.418. The van der Waals surface area contributed by atoms with Gasteiger partial charge in [-0.1, -0.05) is 0 Å². The lowest BCUT2D eigenvalue weighted by Gasteiger charge is -2.43. The fourth-order valence-corrected chi connectivity index (χ4v) is 3.12. The molecule has 0 saturated carbocycles. The molecule has 5 nitrogen and oxygen atoms in total. The Bertz CT molecular complexity index is 298. The minimum atomic E-state index is -0.849. The van der Waals surface area contributed by atoms with E-state index < -0.39 is 12.1 Å². The molecule has 0 aromatic carbocycles. The van der Waals surface area contributed by atoms with E-state index >= 15 is 0 Å². The van der Waals surface area contributed by atoms with Crippen LogP contribution in [0.2, 0.25) is 0 Å². The van der Waals surface area contributed by atoms with Crippen molar-refractivity contribution in [3.05, 3.63) is 0 Å². The molecule has 2 aliphatic heterocycles. The van der Waals surface area contributed by atoms with Crippen molar-refractivity contribution in [1.29, 1.82) is 0 Å². The molecule has 0 amide bonds. The fraction of sp³-hybridized carbons (Fsp3) is 0.923. The van der Waals surface area contributed by atoms with Crippen LogP contribution in [-0.2, 0) is 9.53 Å². The number of aliphatic carboxylic acids is 1. The van der Waals surface area contributed by atoms with Gasteiger partial charge in [0.05, 0.1) is 0 Å². The second kappa shape index (κ2) is 5.99. The van der Waals surface area contributed by atoms with Crippen LogP contribution in [0, 0.1) is 0 Å². The molecule has 3 atom stereocenters. The van der Waals surface area contributed by atoms with Crippen molar-refractivity contribution in [2.75, 3.05) is 32.8 Å². The van der Waals surface area contributed by atoms with Crippen molar-refractivity contribution in [2.24, 2.45) is 0 Å². The lowest BCUT2D eigenvalue weighted by molar-refractivity contribution is -0.152. The summed E-state index contributed by atoms with van der Waals surface area (Å²) in [7, 11) is 0. The molecule has 0 aliphatic carbocycles. The van der Waals surface area contributed by atoms with Gasteiger partial charge in [-0.25, -0.2) is 4.79 Å². The third kappa shape index (κ3) is 3.02. The van der Waals surface area contributed by atoms with Gasteiger partial charge in [-0.15, -0.1) is 0 Å². The summed E-state index contributed by atoms with van der Waals surface area (Å²) in [5.41, 5.74) is 0. The van der Waals surface area contributed by atoms with Crippen LogP contribution in [0.5, 0.6) is 0 Å². The number of rotatable bonds is 5.